The Kier molecular flexibility index (Phi) is 7.77. The van der Waals surface area contributed by atoms with Gasteiger partial charge in [-0.3, -0.25) is 4.79 Å². The fraction of sp³-hybridized carbons (Fsp3) is 0.400. The number of nitrogens with zero attached hydrogens (tertiary/aromatic N) is 1. The summed E-state index contributed by atoms with van der Waals surface area (Å²) in [4.78, 5) is 13.1. The normalized spacial score (nSPS) is 10.9. The van der Waals surface area contributed by atoms with Crippen LogP contribution in [0.25, 0.3) is 10.9 Å². The Morgan fingerprint density at radius 2 is 1.53 bits per heavy atom. The quantitative estimate of drug-likeness (QED) is 0.394. The zero-order valence-corrected chi connectivity index (χ0v) is 18.1. The third-order valence-electron chi connectivity index (χ3n) is 5.02. The molecule has 0 aliphatic heterocycles. The molecule has 3 aromatic rings. The summed E-state index contributed by atoms with van der Waals surface area (Å²) in [5, 5.41) is 0.846. The lowest BCUT2D eigenvalue weighted by Crippen LogP contribution is -2.21. The second kappa shape index (κ2) is 10.7. The number of unbranched alkanes of at least 4 members (excludes halogenated alkanes) is 2. The van der Waals surface area contributed by atoms with E-state index in [0.29, 0.717) is 25.6 Å². The van der Waals surface area contributed by atoms with Gasteiger partial charge >= 0.3 is 0 Å². The van der Waals surface area contributed by atoms with Crippen LogP contribution in [0, 0.1) is 0 Å². The second-order valence-electron chi connectivity index (χ2n) is 7.38. The zero-order chi connectivity index (χ0) is 21.3. The van der Waals surface area contributed by atoms with Crippen molar-refractivity contribution in [2.75, 3.05) is 13.2 Å². The van der Waals surface area contributed by atoms with Gasteiger partial charge in [0.05, 0.1) is 18.7 Å². The van der Waals surface area contributed by atoms with E-state index < -0.39 is 0 Å². The summed E-state index contributed by atoms with van der Waals surface area (Å²) < 4.78 is 19.5. The molecule has 0 spiro atoms. The van der Waals surface area contributed by atoms with Crippen LogP contribution < -0.4 is 19.8 Å². The van der Waals surface area contributed by atoms with Gasteiger partial charge in [0.25, 0.3) is 5.56 Å². The predicted molar refractivity (Wildman–Crippen MR) is 121 cm³/mol. The van der Waals surface area contributed by atoms with E-state index in [2.05, 4.69) is 13.8 Å². The molecule has 5 heteroatoms. The van der Waals surface area contributed by atoms with Crippen molar-refractivity contribution in [2.45, 2.75) is 46.1 Å². The lowest BCUT2D eigenvalue weighted by atomic mass is 10.1. The molecular weight excluding hydrogens is 378 g/mol. The van der Waals surface area contributed by atoms with Gasteiger partial charge < -0.3 is 18.8 Å². The van der Waals surface area contributed by atoms with Crippen molar-refractivity contribution in [1.82, 2.24) is 4.57 Å². The fourth-order valence-corrected chi connectivity index (χ4v) is 3.21. The first-order valence-corrected chi connectivity index (χ1v) is 10.7. The van der Waals surface area contributed by atoms with Crippen LogP contribution in [0.2, 0.25) is 0 Å². The maximum atomic E-state index is 13.1. The summed E-state index contributed by atoms with van der Waals surface area (Å²) in [6.45, 7) is 5.75. The molecule has 5 nitrogen and oxygen atoms in total. The van der Waals surface area contributed by atoms with Gasteiger partial charge in [-0.25, -0.2) is 0 Å². The van der Waals surface area contributed by atoms with Crippen LogP contribution in [0.3, 0.4) is 0 Å². The van der Waals surface area contributed by atoms with Gasteiger partial charge in [-0.05, 0) is 30.5 Å². The highest BCUT2D eigenvalue weighted by atomic mass is 16.5. The molecule has 0 saturated heterocycles. The topological polar surface area (TPSA) is 49.7 Å². The molecule has 160 valence electrons. The summed E-state index contributed by atoms with van der Waals surface area (Å²) in [6.07, 6.45) is 3.99. The number of aromatic nitrogens is 1. The molecular formula is C25H31NO4. The molecule has 0 unspecified atom stereocenters. The maximum Gasteiger partial charge on any atom is 0.297 e. The molecule has 0 atom stereocenters. The van der Waals surface area contributed by atoms with Gasteiger partial charge in [-0.15, -0.1) is 0 Å². The van der Waals surface area contributed by atoms with Crippen molar-refractivity contribution in [2.24, 2.45) is 7.05 Å². The average Bonchev–Trinajstić information content (AvgIpc) is 2.77. The smallest absolute Gasteiger partial charge is 0.297 e. The van der Waals surface area contributed by atoms with E-state index in [1.165, 1.54) is 0 Å². The number of rotatable bonds is 11. The van der Waals surface area contributed by atoms with Crippen LogP contribution in [0.5, 0.6) is 17.2 Å². The van der Waals surface area contributed by atoms with Gasteiger partial charge in [0.15, 0.2) is 5.75 Å². The second-order valence-corrected chi connectivity index (χ2v) is 7.38. The molecule has 0 saturated carbocycles. The van der Waals surface area contributed by atoms with Gasteiger partial charge in [-0.1, -0.05) is 57.0 Å². The van der Waals surface area contributed by atoms with E-state index in [1.807, 2.05) is 48.5 Å². The summed E-state index contributed by atoms with van der Waals surface area (Å²) in [5.74, 6) is 1.52. The molecule has 0 aliphatic carbocycles. The highest BCUT2D eigenvalue weighted by molar-refractivity contribution is 5.89. The molecule has 2 aromatic carbocycles. The lowest BCUT2D eigenvalue weighted by Gasteiger charge is -2.18. The molecule has 0 radical (unpaired) electrons. The maximum absolute atomic E-state index is 13.1. The van der Waals surface area contributed by atoms with E-state index in [4.69, 9.17) is 14.2 Å². The minimum Gasteiger partial charge on any atom is -0.494 e. The Morgan fingerprint density at radius 1 is 0.833 bits per heavy atom. The van der Waals surface area contributed by atoms with E-state index in [-0.39, 0.29) is 11.3 Å². The number of benzene rings is 2. The molecule has 0 N–H and O–H groups in total. The van der Waals surface area contributed by atoms with Crippen molar-refractivity contribution in [3.63, 3.8) is 0 Å². The monoisotopic (exact) mass is 409 g/mol. The van der Waals surface area contributed by atoms with Crippen LogP contribution in [0.15, 0.2) is 53.3 Å². The molecule has 0 bridgehead atoms. The molecule has 30 heavy (non-hydrogen) atoms. The molecule has 0 amide bonds. The van der Waals surface area contributed by atoms with Crippen LogP contribution in [0.4, 0.5) is 0 Å². The van der Waals surface area contributed by atoms with E-state index in [1.54, 1.807) is 11.6 Å². The Labute approximate surface area is 178 Å². The predicted octanol–water partition coefficient (Wildman–Crippen LogP) is 5.48. The minimum absolute atomic E-state index is 0.212. The Balaban J connectivity index is 2.00. The van der Waals surface area contributed by atoms with Crippen LogP contribution >= 0.6 is 0 Å². The third-order valence-corrected chi connectivity index (χ3v) is 5.02. The number of aryl methyl sites for hydroxylation is 1. The van der Waals surface area contributed by atoms with Crippen molar-refractivity contribution in [3.05, 3.63) is 64.4 Å². The fourth-order valence-electron chi connectivity index (χ4n) is 3.21. The number of pyridine rings is 1. The van der Waals surface area contributed by atoms with Gasteiger partial charge in [0, 0.05) is 18.5 Å². The van der Waals surface area contributed by atoms with Crippen LogP contribution in [-0.2, 0) is 13.7 Å². The molecule has 0 aliphatic rings. The van der Waals surface area contributed by atoms with Gasteiger partial charge in [-0.2, -0.15) is 0 Å². The SMILES string of the molecule is CCCCOc1ccc2c(OCCCC)c(OCc3ccccc3)c(=O)n(C)c2c1. The summed E-state index contributed by atoms with van der Waals surface area (Å²) in [6, 6.07) is 15.6. The van der Waals surface area contributed by atoms with Crippen molar-refractivity contribution in [1.29, 1.82) is 0 Å². The third kappa shape index (κ3) is 5.15. The van der Waals surface area contributed by atoms with Crippen molar-refractivity contribution in [3.8, 4) is 17.2 Å². The number of fused-ring (bicyclic) bond motifs is 1. The van der Waals surface area contributed by atoms with Gasteiger partial charge in [0.2, 0.25) is 5.75 Å². The Bertz CT molecular complexity index is 1010. The van der Waals surface area contributed by atoms with E-state index in [9.17, 15) is 4.79 Å². The Hall–Kier alpha value is -2.95. The number of hydrogen-bond acceptors (Lipinski definition) is 4. The zero-order valence-electron chi connectivity index (χ0n) is 18.1. The van der Waals surface area contributed by atoms with Crippen molar-refractivity contribution >= 4 is 10.9 Å². The first-order valence-electron chi connectivity index (χ1n) is 10.7. The molecule has 3 rings (SSSR count). The largest absolute Gasteiger partial charge is 0.494 e. The Morgan fingerprint density at radius 3 is 2.23 bits per heavy atom. The first kappa shape index (κ1) is 21.8. The summed E-state index contributed by atoms with van der Waals surface area (Å²) >= 11 is 0. The summed E-state index contributed by atoms with van der Waals surface area (Å²) in [5.41, 5.74) is 1.56. The van der Waals surface area contributed by atoms with Gasteiger partial charge in [0.1, 0.15) is 12.4 Å². The highest BCUT2D eigenvalue weighted by Crippen LogP contribution is 2.35. The number of hydrogen-bond donors (Lipinski definition) is 0. The summed E-state index contributed by atoms with van der Waals surface area (Å²) in [7, 11) is 1.76. The minimum atomic E-state index is -0.212. The van der Waals surface area contributed by atoms with Crippen molar-refractivity contribution < 1.29 is 14.2 Å². The highest BCUT2D eigenvalue weighted by Gasteiger charge is 2.19. The van der Waals surface area contributed by atoms with Crippen LogP contribution in [0.1, 0.15) is 45.1 Å². The van der Waals surface area contributed by atoms with E-state index in [0.717, 1.165) is 47.9 Å². The lowest BCUT2D eigenvalue weighted by molar-refractivity contribution is 0.257. The molecule has 1 heterocycles. The van der Waals surface area contributed by atoms with E-state index >= 15 is 0 Å². The molecule has 0 fully saturated rings. The first-order chi connectivity index (χ1) is 14.7. The number of ether oxygens (including phenoxy) is 3. The average molecular weight is 410 g/mol. The van der Waals surface area contributed by atoms with Crippen LogP contribution in [-0.4, -0.2) is 17.8 Å². The molecule has 1 aromatic heterocycles. The standard InChI is InChI=1S/C25H31NO4/c1-4-6-15-28-20-13-14-21-22(17-20)26(3)25(27)24(23(21)29-16-7-5-2)30-18-19-11-9-8-10-12-19/h8-14,17H,4-7,15-16,18H2,1-3H3.